The van der Waals surface area contributed by atoms with Crippen molar-refractivity contribution in [3.63, 3.8) is 0 Å². The number of hydrogen-bond donors (Lipinski definition) is 1. The molecule has 0 atom stereocenters. The van der Waals surface area contributed by atoms with Gasteiger partial charge in [0, 0.05) is 10.1 Å². The van der Waals surface area contributed by atoms with E-state index >= 15 is 0 Å². The fourth-order valence-corrected chi connectivity index (χ4v) is 3.86. The lowest BCUT2D eigenvalue weighted by Gasteiger charge is -2.00. The number of benzene rings is 3. The smallest absolute Gasteiger partial charge is 0.181 e. The van der Waals surface area contributed by atoms with Crippen molar-refractivity contribution in [3.8, 4) is 5.75 Å². The molecule has 1 heterocycles. The van der Waals surface area contributed by atoms with Gasteiger partial charge in [0.2, 0.25) is 0 Å². The Labute approximate surface area is 143 Å². The van der Waals surface area contributed by atoms with Gasteiger partial charge in [-0.05, 0) is 42.3 Å². The van der Waals surface area contributed by atoms with Crippen molar-refractivity contribution in [2.24, 2.45) is 10.2 Å². The topological polar surface area (TPSA) is 45.0 Å². The van der Waals surface area contributed by atoms with E-state index in [2.05, 4.69) is 29.3 Å². The first-order valence-corrected chi connectivity index (χ1v) is 8.57. The first kappa shape index (κ1) is 14.8. The van der Waals surface area contributed by atoms with E-state index in [4.69, 9.17) is 0 Å². The Morgan fingerprint density at radius 3 is 2.58 bits per heavy atom. The first-order chi connectivity index (χ1) is 11.6. The number of fused-ring (bicyclic) bond motifs is 3. The summed E-state index contributed by atoms with van der Waals surface area (Å²) >= 11 is 1.46. The molecule has 118 valence electrons. The molecule has 24 heavy (non-hydrogen) atoms. The monoisotopic (exact) mass is 332 g/mol. The predicted octanol–water partition coefficient (Wildman–Crippen LogP) is 6.79. The molecular weight excluding hydrogens is 316 g/mol. The molecule has 3 aromatic carbocycles. The fraction of sp³-hybridized carbons (Fsp3) is 0.100. The molecule has 0 radical (unpaired) electrons. The van der Waals surface area contributed by atoms with Crippen LogP contribution in [0.5, 0.6) is 5.75 Å². The lowest BCUT2D eigenvalue weighted by molar-refractivity contribution is 0.485. The number of hydrogen-bond acceptors (Lipinski definition) is 4. The van der Waals surface area contributed by atoms with Crippen molar-refractivity contribution in [2.45, 2.75) is 13.8 Å². The maximum absolute atomic E-state index is 10.6. The second kappa shape index (κ2) is 5.73. The summed E-state index contributed by atoms with van der Waals surface area (Å²) in [4.78, 5) is 0. The van der Waals surface area contributed by atoms with Gasteiger partial charge in [-0.2, -0.15) is 0 Å². The molecule has 4 aromatic rings. The van der Waals surface area contributed by atoms with Gasteiger partial charge >= 0.3 is 0 Å². The third-order valence-corrected chi connectivity index (χ3v) is 5.17. The van der Waals surface area contributed by atoms with Gasteiger partial charge < -0.3 is 5.11 Å². The minimum atomic E-state index is 0.209. The molecule has 0 bridgehead atoms. The molecule has 0 aliphatic heterocycles. The second-order valence-corrected chi connectivity index (χ2v) is 6.94. The molecule has 1 aromatic heterocycles. The van der Waals surface area contributed by atoms with E-state index in [0.29, 0.717) is 5.00 Å². The van der Waals surface area contributed by atoms with Gasteiger partial charge in [-0.1, -0.05) is 48.0 Å². The lowest BCUT2D eigenvalue weighted by atomic mass is 10.1. The van der Waals surface area contributed by atoms with Crippen LogP contribution >= 0.6 is 11.3 Å². The predicted molar refractivity (Wildman–Crippen MR) is 101 cm³/mol. The molecule has 0 aliphatic carbocycles. The zero-order valence-corrected chi connectivity index (χ0v) is 14.3. The lowest BCUT2D eigenvalue weighted by Crippen LogP contribution is -1.76. The molecular formula is C20H16N2OS. The number of rotatable bonds is 2. The Kier molecular flexibility index (Phi) is 3.54. The summed E-state index contributed by atoms with van der Waals surface area (Å²) in [5, 5.41) is 22.8. The highest BCUT2D eigenvalue weighted by molar-refractivity contribution is 7.23. The van der Waals surface area contributed by atoms with Gasteiger partial charge in [-0.25, -0.2) is 0 Å². The average molecular weight is 332 g/mol. The van der Waals surface area contributed by atoms with E-state index < -0.39 is 0 Å². The maximum atomic E-state index is 10.6. The highest BCUT2D eigenvalue weighted by Gasteiger charge is 2.13. The van der Waals surface area contributed by atoms with Crippen molar-refractivity contribution >= 4 is 42.9 Å². The summed E-state index contributed by atoms with van der Waals surface area (Å²) in [6.45, 7) is 4.07. The van der Waals surface area contributed by atoms with Crippen molar-refractivity contribution in [1.29, 1.82) is 0 Å². The van der Waals surface area contributed by atoms with Gasteiger partial charge in [0.25, 0.3) is 0 Å². The number of nitrogens with zero attached hydrogens (tertiary/aromatic N) is 2. The largest absolute Gasteiger partial charge is 0.504 e. The van der Waals surface area contributed by atoms with Crippen LogP contribution in [0.25, 0.3) is 20.9 Å². The van der Waals surface area contributed by atoms with Crippen LogP contribution in [0.1, 0.15) is 11.1 Å². The van der Waals surface area contributed by atoms with Crippen LogP contribution in [-0.2, 0) is 0 Å². The van der Waals surface area contributed by atoms with Gasteiger partial charge in [0.1, 0.15) is 0 Å². The molecule has 0 fully saturated rings. The summed E-state index contributed by atoms with van der Waals surface area (Å²) in [6, 6.07) is 18.2. The summed E-state index contributed by atoms with van der Waals surface area (Å²) in [6.07, 6.45) is 0. The Bertz CT molecular complexity index is 1100. The molecule has 0 saturated heterocycles. The van der Waals surface area contributed by atoms with Crippen LogP contribution in [-0.4, -0.2) is 5.11 Å². The van der Waals surface area contributed by atoms with Crippen LogP contribution in [0.3, 0.4) is 0 Å². The van der Waals surface area contributed by atoms with E-state index in [1.54, 1.807) is 0 Å². The minimum Gasteiger partial charge on any atom is -0.504 e. The van der Waals surface area contributed by atoms with E-state index in [-0.39, 0.29) is 5.75 Å². The maximum Gasteiger partial charge on any atom is 0.181 e. The van der Waals surface area contributed by atoms with Gasteiger partial charge in [0.05, 0.1) is 5.69 Å². The van der Waals surface area contributed by atoms with Gasteiger partial charge in [-0.3, -0.25) is 0 Å². The normalized spacial score (nSPS) is 11.8. The molecule has 3 nitrogen and oxygen atoms in total. The minimum absolute atomic E-state index is 0.209. The van der Waals surface area contributed by atoms with Gasteiger partial charge in [0.15, 0.2) is 10.8 Å². The number of aryl methyl sites for hydroxylation is 2. The highest BCUT2D eigenvalue weighted by atomic mass is 32.1. The Morgan fingerprint density at radius 2 is 1.75 bits per heavy atom. The van der Waals surface area contributed by atoms with Crippen LogP contribution < -0.4 is 0 Å². The second-order valence-electron chi connectivity index (χ2n) is 5.91. The summed E-state index contributed by atoms with van der Waals surface area (Å²) in [7, 11) is 0. The highest BCUT2D eigenvalue weighted by Crippen LogP contribution is 2.46. The van der Waals surface area contributed by atoms with E-state index in [0.717, 1.165) is 32.1 Å². The molecule has 0 spiro atoms. The zero-order valence-electron chi connectivity index (χ0n) is 13.4. The van der Waals surface area contributed by atoms with E-state index in [1.807, 2.05) is 49.4 Å². The summed E-state index contributed by atoms with van der Waals surface area (Å²) < 4.78 is 1.01. The Morgan fingerprint density at radius 1 is 0.917 bits per heavy atom. The molecule has 0 amide bonds. The number of azo groups is 1. The molecule has 0 saturated carbocycles. The third-order valence-electron chi connectivity index (χ3n) is 4.14. The fourth-order valence-electron chi connectivity index (χ4n) is 2.92. The molecule has 4 rings (SSSR count). The SMILES string of the molecule is Cc1ccc(N=Nc2sc3ccc4ccccc4c3c2O)c(C)c1. The van der Waals surface area contributed by atoms with E-state index in [9.17, 15) is 5.11 Å². The summed E-state index contributed by atoms with van der Waals surface area (Å²) in [5.41, 5.74) is 3.09. The standard InChI is InChI=1S/C20H16N2OS/c1-12-7-9-16(13(2)11-12)21-22-20-19(23)18-15-6-4-3-5-14(15)8-10-17(18)24-20/h3-11,23H,1-2H3. The zero-order chi connectivity index (χ0) is 16.7. The molecule has 0 aliphatic rings. The molecule has 1 N–H and O–H groups in total. The number of aromatic hydroxyl groups is 1. The quantitative estimate of drug-likeness (QED) is 0.403. The van der Waals surface area contributed by atoms with Crippen molar-refractivity contribution < 1.29 is 5.11 Å². The van der Waals surface area contributed by atoms with Crippen LogP contribution in [0.15, 0.2) is 64.8 Å². The first-order valence-electron chi connectivity index (χ1n) is 7.76. The van der Waals surface area contributed by atoms with Crippen LogP contribution in [0, 0.1) is 13.8 Å². The Balaban J connectivity index is 1.84. The van der Waals surface area contributed by atoms with E-state index in [1.165, 1.54) is 16.9 Å². The van der Waals surface area contributed by atoms with Crippen LogP contribution in [0.4, 0.5) is 10.7 Å². The van der Waals surface area contributed by atoms with Crippen molar-refractivity contribution in [2.75, 3.05) is 0 Å². The van der Waals surface area contributed by atoms with Gasteiger partial charge in [-0.15, -0.1) is 21.6 Å². The third kappa shape index (κ3) is 2.45. The van der Waals surface area contributed by atoms with Crippen LogP contribution in [0.2, 0.25) is 0 Å². The Hall–Kier alpha value is -2.72. The number of thiophene rings is 1. The molecule has 0 unspecified atom stereocenters. The molecule has 4 heteroatoms. The average Bonchev–Trinajstić information content (AvgIpc) is 2.91. The van der Waals surface area contributed by atoms with Crippen molar-refractivity contribution in [1.82, 2.24) is 0 Å². The summed E-state index contributed by atoms with van der Waals surface area (Å²) in [5.74, 6) is 0.209. The van der Waals surface area contributed by atoms with Crippen molar-refractivity contribution in [3.05, 3.63) is 65.7 Å².